The summed E-state index contributed by atoms with van der Waals surface area (Å²) in [6.45, 7) is 4.40. The van der Waals surface area contributed by atoms with Gasteiger partial charge >= 0.3 is 5.97 Å². The van der Waals surface area contributed by atoms with Gasteiger partial charge in [0.2, 0.25) is 5.76 Å². The third-order valence-electron chi connectivity index (χ3n) is 3.53. The minimum atomic E-state index is -0.488. The van der Waals surface area contributed by atoms with Crippen molar-refractivity contribution in [2.45, 2.75) is 17.5 Å². The van der Waals surface area contributed by atoms with E-state index in [2.05, 4.69) is 16.8 Å². The first-order chi connectivity index (χ1) is 12.2. The van der Waals surface area contributed by atoms with Crippen molar-refractivity contribution in [3.63, 3.8) is 0 Å². The lowest BCUT2D eigenvalue weighted by Crippen LogP contribution is -2.03. The predicted octanol–water partition coefficient (Wildman–Crippen LogP) is 3.80. The summed E-state index contributed by atoms with van der Waals surface area (Å²) in [4.78, 5) is 11.7. The Morgan fingerprint density at radius 3 is 2.84 bits per heavy atom. The first-order valence-corrected chi connectivity index (χ1v) is 8.60. The second kappa shape index (κ2) is 7.85. The molecule has 0 bridgehead atoms. The molecule has 3 rings (SSSR count). The lowest BCUT2D eigenvalue weighted by Gasteiger charge is -2.07. The first kappa shape index (κ1) is 17.0. The maximum Gasteiger partial charge on any atom is 0.374 e. The number of hydrogen-bond donors (Lipinski definition) is 0. The number of aromatic nitrogens is 3. The number of ether oxygens (including phenoxy) is 1. The van der Waals surface area contributed by atoms with Crippen LogP contribution in [0.15, 0.2) is 64.9 Å². The quantitative estimate of drug-likeness (QED) is 0.365. The summed E-state index contributed by atoms with van der Waals surface area (Å²) < 4.78 is 11.9. The van der Waals surface area contributed by atoms with E-state index in [1.54, 1.807) is 12.1 Å². The Balaban J connectivity index is 1.84. The van der Waals surface area contributed by atoms with Gasteiger partial charge in [0.05, 0.1) is 13.4 Å². The third kappa shape index (κ3) is 3.66. The van der Waals surface area contributed by atoms with Gasteiger partial charge in [-0.2, -0.15) is 0 Å². The van der Waals surface area contributed by atoms with E-state index in [1.807, 2.05) is 34.9 Å². The van der Waals surface area contributed by atoms with Crippen LogP contribution >= 0.6 is 11.8 Å². The van der Waals surface area contributed by atoms with Gasteiger partial charge in [-0.25, -0.2) is 4.79 Å². The van der Waals surface area contributed by atoms with Crippen LogP contribution in [-0.4, -0.2) is 27.8 Å². The van der Waals surface area contributed by atoms with Crippen molar-refractivity contribution >= 4 is 17.7 Å². The molecule has 2 aromatic heterocycles. The monoisotopic (exact) mass is 355 g/mol. The molecule has 0 aliphatic rings. The number of benzene rings is 1. The Bertz CT molecular complexity index is 871. The van der Waals surface area contributed by atoms with Gasteiger partial charge in [-0.1, -0.05) is 48.2 Å². The van der Waals surface area contributed by atoms with E-state index >= 15 is 0 Å². The van der Waals surface area contributed by atoms with Crippen molar-refractivity contribution in [2.24, 2.45) is 0 Å². The molecule has 0 radical (unpaired) electrons. The van der Waals surface area contributed by atoms with Gasteiger partial charge in [0, 0.05) is 23.4 Å². The van der Waals surface area contributed by atoms with Crippen LogP contribution in [0.3, 0.4) is 0 Å². The molecule has 0 unspecified atom stereocenters. The van der Waals surface area contributed by atoms with Gasteiger partial charge in [-0.05, 0) is 6.07 Å². The van der Waals surface area contributed by atoms with E-state index < -0.39 is 5.97 Å². The number of esters is 1. The molecule has 0 saturated heterocycles. The Morgan fingerprint density at radius 1 is 1.32 bits per heavy atom. The van der Waals surface area contributed by atoms with Crippen molar-refractivity contribution in [1.29, 1.82) is 0 Å². The van der Waals surface area contributed by atoms with E-state index in [4.69, 9.17) is 9.15 Å². The normalized spacial score (nSPS) is 10.6. The molecular weight excluding hydrogens is 338 g/mol. The highest BCUT2D eigenvalue weighted by molar-refractivity contribution is 7.98. The zero-order chi connectivity index (χ0) is 17.6. The Hall–Kier alpha value is -2.80. The number of carbonyl (C=O) groups is 1. The van der Waals surface area contributed by atoms with Crippen molar-refractivity contribution < 1.29 is 13.9 Å². The maximum absolute atomic E-state index is 11.7. The van der Waals surface area contributed by atoms with Crippen LogP contribution in [0.2, 0.25) is 0 Å². The average Bonchev–Trinajstić information content (AvgIpc) is 3.27. The second-order valence-electron chi connectivity index (χ2n) is 5.13. The topological polar surface area (TPSA) is 70.2 Å². The maximum atomic E-state index is 11.7. The molecule has 25 heavy (non-hydrogen) atoms. The van der Waals surface area contributed by atoms with Crippen LogP contribution in [0.4, 0.5) is 0 Å². The minimum Gasteiger partial charge on any atom is -0.463 e. The van der Waals surface area contributed by atoms with Gasteiger partial charge < -0.3 is 9.15 Å². The van der Waals surface area contributed by atoms with E-state index in [-0.39, 0.29) is 5.76 Å². The smallest absolute Gasteiger partial charge is 0.374 e. The van der Waals surface area contributed by atoms with Crippen LogP contribution in [0.5, 0.6) is 0 Å². The van der Waals surface area contributed by atoms with Gasteiger partial charge in [-0.15, -0.1) is 16.8 Å². The van der Waals surface area contributed by atoms with Gasteiger partial charge in [-0.3, -0.25) is 4.57 Å². The molecule has 0 saturated carbocycles. The number of hydrogen-bond acceptors (Lipinski definition) is 6. The SMILES string of the molecule is C=CCn1c(SCc2ccoc2C(=O)OC)nnc1-c1ccccc1. The van der Waals surface area contributed by atoms with Gasteiger partial charge in [0.15, 0.2) is 11.0 Å². The van der Waals surface area contributed by atoms with Crippen LogP contribution < -0.4 is 0 Å². The van der Waals surface area contributed by atoms with Crippen LogP contribution in [-0.2, 0) is 17.0 Å². The Kier molecular flexibility index (Phi) is 5.35. The summed E-state index contributed by atoms with van der Waals surface area (Å²) in [6.07, 6.45) is 3.28. The zero-order valence-corrected chi connectivity index (χ0v) is 14.5. The fourth-order valence-electron chi connectivity index (χ4n) is 2.35. The average molecular weight is 355 g/mol. The zero-order valence-electron chi connectivity index (χ0n) is 13.7. The fraction of sp³-hybridized carbons (Fsp3) is 0.167. The van der Waals surface area contributed by atoms with E-state index in [1.165, 1.54) is 25.1 Å². The number of methoxy groups -OCH3 is 1. The van der Waals surface area contributed by atoms with E-state index in [0.717, 1.165) is 22.1 Å². The first-order valence-electron chi connectivity index (χ1n) is 7.61. The number of thioether (sulfide) groups is 1. The van der Waals surface area contributed by atoms with Crippen molar-refractivity contribution in [1.82, 2.24) is 14.8 Å². The van der Waals surface area contributed by atoms with Crippen molar-refractivity contribution in [3.05, 3.63) is 66.6 Å². The summed E-state index contributed by atoms with van der Waals surface area (Å²) in [5.74, 6) is 1.03. The predicted molar refractivity (Wildman–Crippen MR) is 95.3 cm³/mol. The molecule has 0 fully saturated rings. The minimum absolute atomic E-state index is 0.216. The summed E-state index contributed by atoms with van der Waals surface area (Å²) in [5, 5.41) is 9.34. The molecule has 0 spiro atoms. The number of allylic oxidation sites excluding steroid dienone is 1. The molecule has 1 aromatic carbocycles. The largest absolute Gasteiger partial charge is 0.463 e. The number of carbonyl (C=O) groups excluding carboxylic acids is 1. The summed E-state index contributed by atoms with van der Waals surface area (Å²) in [5.41, 5.74) is 1.74. The fourth-order valence-corrected chi connectivity index (χ4v) is 3.28. The highest BCUT2D eigenvalue weighted by Crippen LogP contribution is 2.28. The molecule has 0 amide bonds. The van der Waals surface area contributed by atoms with Crippen molar-refractivity contribution in [2.75, 3.05) is 7.11 Å². The van der Waals surface area contributed by atoms with Crippen LogP contribution in [0, 0.1) is 0 Å². The van der Waals surface area contributed by atoms with Gasteiger partial charge in [0.1, 0.15) is 0 Å². The molecule has 0 N–H and O–H groups in total. The highest BCUT2D eigenvalue weighted by Gasteiger charge is 2.18. The standard InChI is InChI=1S/C18H17N3O3S/c1-3-10-21-16(13-7-5-4-6-8-13)19-20-18(21)25-12-14-9-11-24-15(14)17(22)23-2/h3-9,11H,1,10,12H2,2H3. The van der Waals surface area contributed by atoms with Gasteiger partial charge in [0.25, 0.3) is 0 Å². The number of rotatable bonds is 7. The number of nitrogens with zero attached hydrogens (tertiary/aromatic N) is 3. The molecule has 128 valence electrons. The Labute approximate surface area is 149 Å². The summed E-state index contributed by atoms with van der Waals surface area (Å²) in [7, 11) is 1.33. The molecule has 7 heteroatoms. The molecule has 0 aliphatic heterocycles. The third-order valence-corrected chi connectivity index (χ3v) is 4.55. The second-order valence-corrected chi connectivity index (χ2v) is 6.07. The number of furan rings is 1. The van der Waals surface area contributed by atoms with E-state index in [9.17, 15) is 4.79 Å². The highest BCUT2D eigenvalue weighted by atomic mass is 32.2. The molecular formula is C18H17N3O3S. The molecule has 6 nitrogen and oxygen atoms in total. The lowest BCUT2D eigenvalue weighted by atomic mass is 10.2. The van der Waals surface area contributed by atoms with Crippen LogP contribution in [0.1, 0.15) is 16.1 Å². The molecule has 2 heterocycles. The lowest BCUT2D eigenvalue weighted by molar-refractivity contribution is 0.0564. The molecule has 0 atom stereocenters. The molecule has 0 aliphatic carbocycles. The van der Waals surface area contributed by atoms with Crippen LogP contribution in [0.25, 0.3) is 11.4 Å². The molecule has 3 aromatic rings. The Morgan fingerprint density at radius 2 is 2.12 bits per heavy atom. The van der Waals surface area contributed by atoms with E-state index in [0.29, 0.717) is 12.3 Å². The summed E-state index contributed by atoms with van der Waals surface area (Å²) >= 11 is 1.48. The summed E-state index contributed by atoms with van der Waals surface area (Å²) in [6, 6.07) is 11.6. The van der Waals surface area contributed by atoms with Crippen molar-refractivity contribution in [3.8, 4) is 11.4 Å².